The van der Waals surface area contributed by atoms with Gasteiger partial charge >= 0.3 is 6.18 Å². The van der Waals surface area contributed by atoms with Crippen molar-refractivity contribution in [2.24, 2.45) is 7.05 Å². The summed E-state index contributed by atoms with van der Waals surface area (Å²) in [7, 11) is 1.90. The van der Waals surface area contributed by atoms with Crippen molar-refractivity contribution in [3.05, 3.63) is 59.4 Å². The lowest BCUT2D eigenvalue weighted by atomic mass is 9.75. The van der Waals surface area contributed by atoms with E-state index >= 15 is 0 Å². The molecule has 4 heterocycles. The molecule has 2 N–H and O–H groups in total. The lowest BCUT2D eigenvalue weighted by Gasteiger charge is -2.41. The van der Waals surface area contributed by atoms with E-state index in [-0.39, 0.29) is 17.5 Å². The van der Waals surface area contributed by atoms with Crippen LogP contribution in [0.5, 0.6) is 0 Å². The molecular formula is C27H30F3N7O. The molecule has 2 fully saturated rings. The molecule has 1 aromatic carbocycles. The molecule has 0 bridgehead atoms. The fourth-order valence-electron chi connectivity index (χ4n) is 5.73. The Labute approximate surface area is 218 Å². The van der Waals surface area contributed by atoms with Crippen LogP contribution in [0, 0.1) is 0 Å². The Morgan fingerprint density at radius 2 is 2.00 bits per heavy atom. The summed E-state index contributed by atoms with van der Waals surface area (Å²) in [6.45, 7) is 2.93. The van der Waals surface area contributed by atoms with E-state index < -0.39 is 11.9 Å². The van der Waals surface area contributed by atoms with Gasteiger partial charge in [0.1, 0.15) is 23.5 Å². The van der Waals surface area contributed by atoms with Crippen LogP contribution in [0.15, 0.2) is 36.7 Å². The molecule has 8 nitrogen and oxygen atoms in total. The first kappa shape index (κ1) is 25.0. The molecule has 6 rings (SSSR count). The van der Waals surface area contributed by atoms with Gasteiger partial charge in [-0.3, -0.25) is 5.10 Å². The van der Waals surface area contributed by atoms with Crippen molar-refractivity contribution >= 4 is 10.9 Å². The van der Waals surface area contributed by atoms with Crippen molar-refractivity contribution in [2.45, 2.75) is 62.7 Å². The molecule has 11 heteroatoms. The van der Waals surface area contributed by atoms with Crippen LogP contribution in [-0.2, 0) is 29.8 Å². The average molecular weight is 526 g/mol. The molecule has 1 aliphatic carbocycles. The first-order chi connectivity index (χ1) is 18.2. The maximum atomic E-state index is 14.0. The number of aromatic nitrogens is 6. The van der Waals surface area contributed by atoms with Crippen molar-refractivity contribution in [1.29, 1.82) is 0 Å². The zero-order chi connectivity index (χ0) is 26.5. The number of hydrogen-bond donors (Lipinski definition) is 2. The normalized spacial score (nSPS) is 18.7. The third-order valence-corrected chi connectivity index (χ3v) is 7.93. The number of benzene rings is 1. The number of H-pyrrole nitrogens is 1. The fourth-order valence-corrected chi connectivity index (χ4v) is 5.73. The van der Waals surface area contributed by atoms with Crippen LogP contribution < -0.4 is 5.32 Å². The Hall–Kier alpha value is -3.31. The summed E-state index contributed by atoms with van der Waals surface area (Å²) in [5, 5.41) is 19.6. The Balaban J connectivity index is 1.41. The first-order valence-corrected chi connectivity index (χ1v) is 13.0. The molecule has 0 spiro atoms. The van der Waals surface area contributed by atoms with Gasteiger partial charge in [-0.1, -0.05) is 31.0 Å². The second-order valence-corrected chi connectivity index (χ2v) is 10.6. The smallest absolute Gasteiger partial charge is 0.379 e. The predicted molar refractivity (Wildman–Crippen MR) is 135 cm³/mol. The summed E-state index contributed by atoms with van der Waals surface area (Å²) in [6, 6.07) is 8.85. The Kier molecular flexibility index (Phi) is 6.22. The molecule has 1 atom stereocenters. The van der Waals surface area contributed by atoms with Gasteiger partial charge in [0.15, 0.2) is 0 Å². The monoisotopic (exact) mass is 525 g/mol. The van der Waals surface area contributed by atoms with Gasteiger partial charge in [0.2, 0.25) is 0 Å². The molecule has 4 aromatic rings. The molecule has 0 unspecified atom stereocenters. The second-order valence-electron chi connectivity index (χ2n) is 10.6. The Morgan fingerprint density at radius 3 is 2.66 bits per heavy atom. The molecule has 3 aromatic heterocycles. The lowest BCUT2D eigenvalue weighted by molar-refractivity contribution is -0.141. The van der Waals surface area contributed by atoms with Crippen LogP contribution in [-0.4, -0.2) is 49.2 Å². The van der Waals surface area contributed by atoms with Crippen LogP contribution in [0.1, 0.15) is 61.4 Å². The zero-order valence-corrected chi connectivity index (χ0v) is 21.3. The highest BCUT2D eigenvalue weighted by Gasteiger charge is 2.42. The highest BCUT2D eigenvalue weighted by molar-refractivity contribution is 5.94. The standard InChI is InChI=1S/C27H30F3N7O/c1-16(32-19-8-3-4-9-19)23-25-20(11-21(33-23)27(28,29)30)24(35-36-25)17-6-5-7-18(10-17)26(13-38-14-26)12-22-34-31-15-37(22)2/h5-7,10-11,15-16,19,32H,3-4,8-9,12-14H2,1-2H3,(H,35,36)/t16-/m1/s1. The SMILES string of the molecule is C[C@@H](NC1CCCC1)c1nc(C(F)(F)F)cc2c(-c3cccc(C4(Cc5nncn5C)COC4)c3)n[nH]c12. The topological polar surface area (TPSA) is 93.5 Å². The first-order valence-electron chi connectivity index (χ1n) is 13.0. The summed E-state index contributed by atoms with van der Waals surface area (Å²) < 4.78 is 49.4. The average Bonchev–Trinajstić information content (AvgIpc) is 3.62. The number of rotatable bonds is 7. The second kappa shape index (κ2) is 9.46. The minimum atomic E-state index is -4.57. The number of nitrogens with one attached hydrogen (secondary N) is 2. The van der Waals surface area contributed by atoms with Crippen LogP contribution in [0.4, 0.5) is 13.2 Å². The Bertz CT molecular complexity index is 1450. The molecule has 0 radical (unpaired) electrons. The van der Waals surface area contributed by atoms with Crippen LogP contribution in [0.25, 0.3) is 22.2 Å². The maximum absolute atomic E-state index is 14.0. The van der Waals surface area contributed by atoms with E-state index in [2.05, 4.69) is 30.7 Å². The predicted octanol–water partition coefficient (Wildman–Crippen LogP) is 4.88. The fraction of sp³-hybridized carbons (Fsp3) is 0.481. The number of fused-ring (bicyclic) bond motifs is 1. The van der Waals surface area contributed by atoms with E-state index in [1.807, 2.05) is 42.8 Å². The molecule has 0 amide bonds. The summed E-state index contributed by atoms with van der Waals surface area (Å²) in [5.41, 5.74) is 1.90. The molecule has 38 heavy (non-hydrogen) atoms. The van der Waals surface area contributed by atoms with Crippen molar-refractivity contribution in [1.82, 2.24) is 35.3 Å². The summed E-state index contributed by atoms with van der Waals surface area (Å²) in [6.07, 6.45) is 2.04. The largest absolute Gasteiger partial charge is 0.433 e. The van der Waals surface area contributed by atoms with Crippen LogP contribution in [0.3, 0.4) is 0 Å². The third-order valence-electron chi connectivity index (χ3n) is 7.93. The molecule has 1 aliphatic heterocycles. The van der Waals surface area contributed by atoms with Gasteiger partial charge in [-0.05, 0) is 37.5 Å². The quantitative estimate of drug-likeness (QED) is 0.357. The minimum Gasteiger partial charge on any atom is -0.379 e. The number of alkyl halides is 3. The minimum absolute atomic E-state index is 0.283. The number of aromatic amines is 1. The Morgan fingerprint density at radius 1 is 1.21 bits per heavy atom. The van der Waals surface area contributed by atoms with E-state index in [0.717, 1.165) is 48.7 Å². The van der Waals surface area contributed by atoms with Gasteiger partial charge in [-0.2, -0.15) is 18.3 Å². The highest BCUT2D eigenvalue weighted by Crippen LogP contribution is 2.40. The van der Waals surface area contributed by atoms with E-state index in [1.165, 1.54) is 0 Å². The van der Waals surface area contributed by atoms with E-state index in [0.29, 0.717) is 41.9 Å². The van der Waals surface area contributed by atoms with E-state index in [9.17, 15) is 13.2 Å². The van der Waals surface area contributed by atoms with Gasteiger partial charge in [0.05, 0.1) is 24.4 Å². The van der Waals surface area contributed by atoms with Crippen molar-refractivity contribution in [3.63, 3.8) is 0 Å². The third kappa shape index (κ3) is 4.47. The number of halogens is 3. The van der Waals surface area contributed by atoms with Crippen molar-refractivity contribution < 1.29 is 17.9 Å². The summed E-state index contributed by atoms with van der Waals surface area (Å²) in [4.78, 5) is 4.06. The van der Waals surface area contributed by atoms with Gasteiger partial charge in [-0.25, -0.2) is 4.98 Å². The van der Waals surface area contributed by atoms with Gasteiger partial charge in [0.25, 0.3) is 0 Å². The van der Waals surface area contributed by atoms with Gasteiger partial charge < -0.3 is 14.6 Å². The van der Waals surface area contributed by atoms with Crippen LogP contribution >= 0.6 is 0 Å². The molecular weight excluding hydrogens is 495 g/mol. The molecule has 1 saturated carbocycles. The van der Waals surface area contributed by atoms with Gasteiger partial charge in [-0.15, -0.1) is 10.2 Å². The molecule has 1 saturated heterocycles. The van der Waals surface area contributed by atoms with E-state index in [4.69, 9.17) is 4.74 Å². The number of ether oxygens (including phenoxy) is 1. The van der Waals surface area contributed by atoms with Crippen LogP contribution in [0.2, 0.25) is 0 Å². The highest BCUT2D eigenvalue weighted by atomic mass is 19.4. The van der Waals surface area contributed by atoms with Crippen molar-refractivity contribution in [2.75, 3.05) is 13.2 Å². The molecule has 200 valence electrons. The van der Waals surface area contributed by atoms with E-state index in [1.54, 1.807) is 6.33 Å². The summed E-state index contributed by atoms with van der Waals surface area (Å²) in [5.74, 6) is 0.846. The lowest BCUT2D eigenvalue weighted by Crippen LogP contribution is -2.49. The molecule has 2 aliphatic rings. The number of aryl methyl sites for hydroxylation is 1. The maximum Gasteiger partial charge on any atom is 0.433 e. The number of hydrogen-bond acceptors (Lipinski definition) is 6. The number of nitrogens with zero attached hydrogens (tertiary/aromatic N) is 5. The zero-order valence-electron chi connectivity index (χ0n) is 21.3. The van der Waals surface area contributed by atoms with Crippen molar-refractivity contribution in [3.8, 4) is 11.3 Å². The summed E-state index contributed by atoms with van der Waals surface area (Å²) >= 11 is 0. The number of pyridine rings is 1. The van der Waals surface area contributed by atoms with Gasteiger partial charge in [0, 0.05) is 41.9 Å².